The summed E-state index contributed by atoms with van der Waals surface area (Å²) >= 11 is 0. The highest BCUT2D eigenvalue weighted by molar-refractivity contribution is 5.70. The Balaban J connectivity index is 1.29. The maximum atomic E-state index is 11.4. The number of aromatic nitrogens is 5. The third-order valence-electron chi connectivity index (χ3n) is 6.85. The molecular formula is C29H31N5O4. The first-order valence-corrected chi connectivity index (χ1v) is 12.8. The fourth-order valence-corrected chi connectivity index (χ4v) is 4.77. The number of carbonyl (C=O) groups is 1. The normalized spacial score (nSPS) is 17.2. The number of carboxylic acid groups (broad SMARTS) is 1. The number of carboxylic acids is 1. The number of rotatable bonds is 9. The molecule has 0 unspecified atom stereocenters. The minimum absolute atomic E-state index is 0.120. The van der Waals surface area contributed by atoms with E-state index in [0.29, 0.717) is 48.9 Å². The van der Waals surface area contributed by atoms with Crippen LogP contribution in [0.3, 0.4) is 0 Å². The third-order valence-corrected chi connectivity index (χ3v) is 6.85. The number of hydrogen-bond acceptors (Lipinski definition) is 7. The van der Waals surface area contributed by atoms with E-state index in [1.807, 2.05) is 74.6 Å². The number of ether oxygens (including phenoxy) is 2. The van der Waals surface area contributed by atoms with Crippen molar-refractivity contribution in [1.82, 2.24) is 25.0 Å². The monoisotopic (exact) mass is 513 g/mol. The van der Waals surface area contributed by atoms with E-state index < -0.39 is 5.97 Å². The average molecular weight is 514 g/mol. The molecule has 0 aliphatic heterocycles. The lowest BCUT2D eigenvalue weighted by Gasteiger charge is -2.27. The molecule has 9 heteroatoms. The van der Waals surface area contributed by atoms with Crippen LogP contribution in [0, 0.1) is 12.8 Å². The molecule has 38 heavy (non-hydrogen) atoms. The summed E-state index contributed by atoms with van der Waals surface area (Å²) < 4.78 is 13.8. The minimum Gasteiger partial charge on any atom is -0.489 e. The maximum absolute atomic E-state index is 11.4. The second-order valence-electron chi connectivity index (χ2n) is 9.65. The Morgan fingerprint density at radius 1 is 1.05 bits per heavy atom. The van der Waals surface area contributed by atoms with Gasteiger partial charge in [-0.1, -0.05) is 41.6 Å². The zero-order chi connectivity index (χ0) is 26.5. The van der Waals surface area contributed by atoms with E-state index in [2.05, 4.69) is 15.3 Å². The quantitative estimate of drug-likeness (QED) is 0.341. The number of pyridine rings is 2. The molecule has 1 saturated carbocycles. The van der Waals surface area contributed by atoms with Crippen LogP contribution in [0.25, 0.3) is 11.4 Å². The van der Waals surface area contributed by atoms with Crippen LogP contribution in [0.2, 0.25) is 0 Å². The van der Waals surface area contributed by atoms with E-state index >= 15 is 0 Å². The van der Waals surface area contributed by atoms with E-state index in [1.165, 1.54) is 0 Å². The lowest BCUT2D eigenvalue weighted by atomic mass is 9.87. The zero-order valence-electron chi connectivity index (χ0n) is 21.6. The van der Waals surface area contributed by atoms with Crippen molar-refractivity contribution >= 4 is 5.97 Å². The molecule has 1 N–H and O–H groups in total. The molecule has 1 aliphatic carbocycles. The Kier molecular flexibility index (Phi) is 7.62. The predicted octanol–water partition coefficient (Wildman–Crippen LogP) is 4.77. The first-order valence-electron chi connectivity index (χ1n) is 12.8. The van der Waals surface area contributed by atoms with Crippen LogP contribution < -0.4 is 9.47 Å². The molecule has 196 valence electrons. The van der Waals surface area contributed by atoms with E-state index in [9.17, 15) is 9.90 Å². The van der Waals surface area contributed by atoms with E-state index in [-0.39, 0.29) is 12.0 Å². The summed E-state index contributed by atoms with van der Waals surface area (Å²) in [6, 6.07) is 19.5. The predicted molar refractivity (Wildman–Crippen MR) is 141 cm³/mol. The standard InChI is InChI=1S/C29H31N5O4/c1-19-26(38-23-12-6-10-21(16-23)29(35)36)15-14-24(30-19)28-25(34(2)33-32-28)17-22-11-7-13-27(31-22)37-18-20-8-4-3-5-9-20/h3-5,7-9,11,13-15,21,23H,6,10,12,16-18H2,1-2H3,(H,35,36)/t21-,23-/m0/s1. The van der Waals surface area contributed by atoms with Crippen molar-refractivity contribution < 1.29 is 19.4 Å². The van der Waals surface area contributed by atoms with Gasteiger partial charge in [0.25, 0.3) is 0 Å². The van der Waals surface area contributed by atoms with Gasteiger partial charge in [0.2, 0.25) is 5.88 Å². The van der Waals surface area contributed by atoms with Crippen LogP contribution in [0.1, 0.15) is 48.3 Å². The molecule has 0 spiro atoms. The highest BCUT2D eigenvalue weighted by atomic mass is 16.5. The molecular weight excluding hydrogens is 482 g/mol. The lowest BCUT2D eigenvalue weighted by Crippen LogP contribution is -2.29. The summed E-state index contributed by atoms with van der Waals surface area (Å²) in [5.41, 5.74) is 4.91. The van der Waals surface area contributed by atoms with Crippen LogP contribution in [-0.2, 0) is 24.9 Å². The molecule has 4 aromatic rings. The van der Waals surface area contributed by atoms with Gasteiger partial charge >= 0.3 is 5.97 Å². The average Bonchev–Trinajstić information content (AvgIpc) is 3.29. The van der Waals surface area contributed by atoms with E-state index in [0.717, 1.165) is 35.5 Å². The molecule has 2 atom stereocenters. The molecule has 0 saturated heterocycles. The van der Waals surface area contributed by atoms with Gasteiger partial charge < -0.3 is 14.6 Å². The molecule has 9 nitrogen and oxygen atoms in total. The van der Waals surface area contributed by atoms with Crippen molar-refractivity contribution in [2.24, 2.45) is 13.0 Å². The largest absolute Gasteiger partial charge is 0.489 e. The van der Waals surface area contributed by atoms with Crippen molar-refractivity contribution in [2.45, 2.75) is 51.7 Å². The number of aryl methyl sites for hydroxylation is 2. The highest BCUT2D eigenvalue weighted by Gasteiger charge is 2.28. The van der Waals surface area contributed by atoms with Crippen LogP contribution in [-0.4, -0.2) is 42.1 Å². The second-order valence-corrected chi connectivity index (χ2v) is 9.65. The van der Waals surface area contributed by atoms with Gasteiger partial charge in [-0.3, -0.25) is 9.48 Å². The Morgan fingerprint density at radius 2 is 1.89 bits per heavy atom. The fourth-order valence-electron chi connectivity index (χ4n) is 4.77. The summed E-state index contributed by atoms with van der Waals surface area (Å²) in [6.45, 7) is 2.34. The van der Waals surface area contributed by atoms with Crippen molar-refractivity contribution in [1.29, 1.82) is 0 Å². The number of benzene rings is 1. The van der Waals surface area contributed by atoms with Crippen LogP contribution in [0.4, 0.5) is 0 Å². The molecule has 0 amide bonds. The topological polar surface area (TPSA) is 112 Å². The van der Waals surface area contributed by atoms with Gasteiger partial charge in [0, 0.05) is 19.5 Å². The smallest absolute Gasteiger partial charge is 0.306 e. The maximum Gasteiger partial charge on any atom is 0.306 e. The van der Waals surface area contributed by atoms with E-state index in [4.69, 9.17) is 14.5 Å². The summed E-state index contributed by atoms with van der Waals surface area (Å²) in [5, 5.41) is 18.0. The summed E-state index contributed by atoms with van der Waals surface area (Å²) in [5.74, 6) is 0.132. The summed E-state index contributed by atoms with van der Waals surface area (Å²) in [7, 11) is 1.86. The van der Waals surface area contributed by atoms with Crippen molar-refractivity contribution in [3.8, 4) is 23.0 Å². The van der Waals surface area contributed by atoms with Gasteiger partial charge in [-0.25, -0.2) is 9.97 Å². The Bertz CT molecular complexity index is 1410. The van der Waals surface area contributed by atoms with Gasteiger partial charge in [-0.15, -0.1) is 5.10 Å². The molecule has 1 fully saturated rings. The third kappa shape index (κ3) is 5.99. The Hall–Kier alpha value is -4.27. The van der Waals surface area contributed by atoms with Gasteiger partial charge in [-0.2, -0.15) is 0 Å². The molecule has 0 bridgehead atoms. The Morgan fingerprint density at radius 3 is 2.68 bits per heavy atom. The second kappa shape index (κ2) is 11.4. The van der Waals surface area contributed by atoms with Crippen LogP contribution >= 0.6 is 0 Å². The number of hydrogen-bond donors (Lipinski definition) is 1. The van der Waals surface area contributed by atoms with Crippen LogP contribution in [0.5, 0.6) is 11.6 Å². The van der Waals surface area contributed by atoms with Gasteiger partial charge in [0.05, 0.1) is 34.8 Å². The summed E-state index contributed by atoms with van der Waals surface area (Å²) in [6.07, 6.45) is 3.32. The first-order chi connectivity index (χ1) is 18.5. The lowest BCUT2D eigenvalue weighted by molar-refractivity contribution is -0.143. The minimum atomic E-state index is -0.749. The number of nitrogens with zero attached hydrogens (tertiary/aromatic N) is 5. The van der Waals surface area contributed by atoms with Crippen molar-refractivity contribution in [3.63, 3.8) is 0 Å². The van der Waals surface area contributed by atoms with Crippen LogP contribution in [0.15, 0.2) is 60.7 Å². The van der Waals surface area contributed by atoms with Crippen molar-refractivity contribution in [2.75, 3.05) is 0 Å². The first kappa shape index (κ1) is 25.4. The SMILES string of the molecule is Cc1nc(-c2nnn(C)c2Cc2cccc(OCc3ccccc3)n2)ccc1O[C@H]1CCC[C@H](C(=O)O)C1. The molecule has 1 aromatic carbocycles. The molecule has 0 radical (unpaired) electrons. The van der Waals surface area contributed by atoms with Gasteiger partial charge in [0.1, 0.15) is 18.1 Å². The van der Waals surface area contributed by atoms with Crippen molar-refractivity contribution in [3.05, 3.63) is 83.3 Å². The highest BCUT2D eigenvalue weighted by Crippen LogP contribution is 2.31. The Labute approximate surface area is 221 Å². The molecule has 1 aliphatic rings. The molecule has 5 rings (SSSR count). The zero-order valence-corrected chi connectivity index (χ0v) is 21.6. The van der Waals surface area contributed by atoms with Gasteiger partial charge in [-0.05, 0) is 56.4 Å². The van der Waals surface area contributed by atoms with Gasteiger partial charge in [0.15, 0.2) is 0 Å². The fraction of sp³-hybridized carbons (Fsp3) is 0.345. The molecule has 3 aromatic heterocycles. The molecule has 3 heterocycles. The summed E-state index contributed by atoms with van der Waals surface area (Å²) in [4.78, 5) is 20.8. The van der Waals surface area contributed by atoms with E-state index in [1.54, 1.807) is 4.68 Å². The number of aliphatic carboxylic acids is 1.